The molecule has 4 nitrogen and oxygen atoms in total. The summed E-state index contributed by atoms with van der Waals surface area (Å²) in [5.74, 6) is 1.25. The van der Waals surface area contributed by atoms with Crippen molar-refractivity contribution >= 4 is 11.6 Å². The fourth-order valence-corrected chi connectivity index (χ4v) is 2.77. The second kappa shape index (κ2) is 9.23. The van der Waals surface area contributed by atoms with Crippen molar-refractivity contribution in [2.24, 2.45) is 0 Å². The number of rotatable bonds is 8. The average molecular weight is 340 g/mol. The Morgan fingerprint density at radius 2 is 1.80 bits per heavy atom. The minimum Gasteiger partial charge on any atom is -0.494 e. The molecule has 0 bridgehead atoms. The molecule has 0 spiro atoms. The van der Waals surface area contributed by atoms with Crippen LogP contribution in [0.2, 0.25) is 0 Å². The largest absolute Gasteiger partial charge is 0.494 e. The lowest BCUT2D eigenvalue weighted by Gasteiger charge is -2.18. The van der Waals surface area contributed by atoms with Crippen LogP contribution in [0.4, 0.5) is 5.69 Å². The maximum Gasteiger partial charge on any atom is 0.238 e. The quantitative estimate of drug-likeness (QED) is 0.780. The van der Waals surface area contributed by atoms with E-state index in [1.165, 1.54) is 0 Å². The van der Waals surface area contributed by atoms with Gasteiger partial charge in [0, 0.05) is 12.2 Å². The fourth-order valence-electron chi connectivity index (χ4n) is 2.77. The number of para-hydroxylation sites is 1. The lowest BCUT2D eigenvalue weighted by atomic mass is 10.0. The molecule has 25 heavy (non-hydrogen) atoms. The molecule has 1 amide bonds. The highest BCUT2D eigenvalue weighted by Crippen LogP contribution is 2.23. The normalized spacial score (nSPS) is 11.0. The predicted molar refractivity (Wildman–Crippen MR) is 103 cm³/mol. The van der Waals surface area contributed by atoms with E-state index in [2.05, 4.69) is 25.2 Å². The Labute approximate surface area is 150 Å². The van der Waals surface area contributed by atoms with Crippen LogP contribution in [0.3, 0.4) is 0 Å². The predicted octanol–water partition coefficient (Wildman–Crippen LogP) is 4.28. The first-order valence-corrected chi connectivity index (χ1v) is 8.78. The molecule has 0 aromatic heterocycles. The molecule has 0 aliphatic carbocycles. The first-order chi connectivity index (χ1) is 12.0. The molecule has 1 N–H and O–H groups in total. The number of amides is 1. The van der Waals surface area contributed by atoms with Crippen molar-refractivity contribution in [3.8, 4) is 5.75 Å². The van der Waals surface area contributed by atoms with Gasteiger partial charge in [0.15, 0.2) is 0 Å². The molecule has 0 fully saturated rings. The van der Waals surface area contributed by atoms with Gasteiger partial charge in [-0.15, -0.1) is 0 Å². The van der Waals surface area contributed by atoms with E-state index in [1.54, 1.807) is 0 Å². The van der Waals surface area contributed by atoms with Crippen molar-refractivity contribution < 1.29 is 9.53 Å². The smallest absolute Gasteiger partial charge is 0.238 e. The van der Waals surface area contributed by atoms with E-state index in [4.69, 9.17) is 4.74 Å². The number of nitrogens with one attached hydrogen (secondary N) is 1. The van der Waals surface area contributed by atoms with Crippen LogP contribution in [0.15, 0.2) is 48.5 Å². The van der Waals surface area contributed by atoms with Crippen LogP contribution < -0.4 is 10.1 Å². The Balaban J connectivity index is 1.90. The van der Waals surface area contributed by atoms with Gasteiger partial charge in [0.1, 0.15) is 5.75 Å². The van der Waals surface area contributed by atoms with Crippen molar-refractivity contribution in [1.29, 1.82) is 0 Å². The molecule has 134 valence electrons. The van der Waals surface area contributed by atoms with Crippen LogP contribution in [-0.4, -0.2) is 31.0 Å². The number of nitrogens with zero attached hydrogens (tertiary/aromatic N) is 1. The third-order valence-corrected chi connectivity index (χ3v) is 3.96. The molecule has 0 unspecified atom stereocenters. The number of anilines is 1. The zero-order valence-electron chi connectivity index (χ0n) is 15.6. The van der Waals surface area contributed by atoms with E-state index < -0.39 is 0 Å². The number of carbonyl (C=O) groups excluding carboxylic acids is 1. The maximum absolute atomic E-state index is 12.4. The Bertz CT molecular complexity index is 681. The third-order valence-electron chi connectivity index (χ3n) is 3.96. The number of benzene rings is 2. The van der Waals surface area contributed by atoms with Crippen molar-refractivity contribution in [1.82, 2.24) is 4.90 Å². The van der Waals surface area contributed by atoms with E-state index >= 15 is 0 Å². The molecule has 0 aliphatic rings. The third kappa shape index (κ3) is 5.91. The lowest BCUT2D eigenvalue weighted by molar-refractivity contribution is -0.117. The molecule has 4 heteroatoms. The highest BCUT2D eigenvalue weighted by atomic mass is 16.5. The van der Waals surface area contributed by atoms with E-state index in [9.17, 15) is 4.79 Å². The molecule has 0 atom stereocenters. The summed E-state index contributed by atoms with van der Waals surface area (Å²) in [7, 11) is 1.95. The summed E-state index contributed by atoms with van der Waals surface area (Å²) >= 11 is 0. The average Bonchev–Trinajstić information content (AvgIpc) is 2.57. The van der Waals surface area contributed by atoms with Crippen LogP contribution in [0.1, 0.15) is 37.8 Å². The zero-order valence-corrected chi connectivity index (χ0v) is 15.6. The van der Waals surface area contributed by atoms with Gasteiger partial charge < -0.3 is 10.1 Å². The molecule has 2 rings (SSSR count). The van der Waals surface area contributed by atoms with Gasteiger partial charge in [-0.25, -0.2) is 0 Å². The summed E-state index contributed by atoms with van der Waals surface area (Å²) in [5, 5.41) is 3.03. The molecule has 2 aromatic rings. The Morgan fingerprint density at radius 1 is 1.12 bits per heavy atom. The van der Waals surface area contributed by atoms with E-state index in [0.29, 0.717) is 25.6 Å². The van der Waals surface area contributed by atoms with Crippen LogP contribution >= 0.6 is 0 Å². The summed E-state index contributed by atoms with van der Waals surface area (Å²) in [6, 6.07) is 16.0. The Hall–Kier alpha value is -2.33. The lowest BCUT2D eigenvalue weighted by Crippen LogP contribution is -2.30. The van der Waals surface area contributed by atoms with Gasteiger partial charge in [0.05, 0.1) is 13.2 Å². The van der Waals surface area contributed by atoms with Gasteiger partial charge in [-0.1, -0.05) is 44.2 Å². The van der Waals surface area contributed by atoms with Crippen LogP contribution in [0.25, 0.3) is 0 Å². The summed E-state index contributed by atoms with van der Waals surface area (Å²) < 4.78 is 5.45. The van der Waals surface area contributed by atoms with Gasteiger partial charge >= 0.3 is 0 Å². The molecule has 0 aliphatic heterocycles. The first kappa shape index (κ1) is 19.0. The van der Waals surface area contributed by atoms with Crippen molar-refractivity contribution in [3.63, 3.8) is 0 Å². The summed E-state index contributed by atoms with van der Waals surface area (Å²) in [6.45, 7) is 7.95. The van der Waals surface area contributed by atoms with Crippen LogP contribution in [0.5, 0.6) is 5.75 Å². The molecular weight excluding hydrogens is 312 g/mol. The maximum atomic E-state index is 12.4. The fraction of sp³-hybridized carbons (Fsp3) is 0.381. The van der Waals surface area contributed by atoms with Crippen molar-refractivity contribution in [3.05, 3.63) is 59.7 Å². The monoisotopic (exact) mass is 340 g/mol. The minimum atomic E-state index is 0.00142. The number of carbonyl (C=O) groups is 1. The number of hydrogen-bond acceptors (Lipinski definition) is 3. The molecule has 2 aromatic carbocycles. The van der Waals surface area contributed by atoms with Crippen LogP contribution in [0, 0.1) is 0 Å². The highest BCUT2D eigenvalue weighted by Gasteiger charge is 2.11. The molecule has 0 radical (unpaired) electrons. The van der Waals surface area contributed by atoms with E-state index in [-0.39, 0.29) is 5.91 Å². The van der Waals surface area contributed by atoms with Gasteiger partial charge in [0.25, 0.3) is 0 Å². The van der Waals surface area contributed by atoms with Gasteiger partial charge in [0.2, 0.25) is 5.91 Å². The minimum absolute atomic E-state index is 0.00142. The second-order valence-electron chi connectivity index (χ2n) is 6.54. The zero-order chi connectivity index (χ0) is 18.2. The van der Waals surface area contributed by atoms with E-state index in [1.807, 2.05) is 61.3 Å². The number of likely N-dealkylation sites (N-methyl/N-ethyl adjacent to an activating group) is 1. The Kier molecular flexibility index (Phi) is 7.02. The number of ether oxygens (including phenoxy) is 1. The standard InChI is InChI=1S/C21H28N2O2/c1-5-25-18-12-10-17(11-13-18)14-23(4)15-21(24)22-20-9-7-6-8-19(20)16(2)3/h6-13,16H,5,14-15H2,1-4H3,(H,22,24). The van der Waals surface area contributed by atoms with Gasteiger partial charge in [-0.05, 0) is 49.2 Å². The highest BCUT2D eigenvalue weighted by molar-refractivity contribution is 5.93. The topological polar surface area (TPSA) is 41.6 Å². The first-order valence-electron chi connectivity index (χ1n) is 8.78. The Morgan fingerprint density at radius 3 is 2.44 bits per heavy atom. The van der Waals surface area contributed by atoms with Crippen molar-refractivity contribution in [2.45, 2.75) is 33.2 Å². The summed E-state index contributed by atoms with van der Waals surface area (Å²) in [5.41, 5.74) is 3.21. The molecule has 0 saturated carbocycles. The SMILES string of the molecule is CCOc1ccc(CN(C)CC(=O)Nc2ccccc2C(C)C)cc1. The van der Waals surface area contributed by atoms with Crippen LogP contribution in [-0.2, 0) is 11.3 Å². The molecular formula is C21H28N2O2. The van der Waals surface area contributed by atoms with Crippen molar-refractivity contribution in [2.75, 3.05) is 25.5 Å². The molecule has 0 heterocycles. The van der Waals surface area contributed by atoms with Gasteiger partial charge in [-0.3, -0.25) is 9.69 Å². The van der Waals surface area contributed by atoms with Gasteiger partial charge in [-0.2, -0.15) is 0 Å². The number of hydrogen-bond donors (Lipinski definition) is 1. The molecule has 0 saturated heterocycles. The van der Waals surface area contributed by atoms with E-state index in [0.717, 1.165) is 22.6 Å². The summed E-state index contributed by atoms with van der Waals surface area (Å²) in [4.78, 5) is 14.4. The summed E-state index contributed by atoms with van der Waals surface area (Å²) in [6.07, 6.45) is 0. The second-order valence-corrected chi connectivity index (χ2v) is 6.54.